The Hall–Kier alpha value is -1.81. The van der Waals surface area contributed by atoms with Crippen molar-refractivity contribution in [2.45, 2.75) is 38.8 Å². The van der Waals surface area contributed by atoms with Crippen LogP contribution in [0, 0.1) is 0 Å². The van der Waals surface area contributed by atoms with Gasteiger partial charge in [-0.25, -0.2) is 9.98 Å². The predicted molar refractivity (Wildman–Crippen MR) is 122 cm³/mol. The zero-order valence-corrected chi connectivity index (χ0v) is 18.8. The molecule has 0 saturated carbocycles. The Morgan fingerprint density at radius 2 is 2.07 bits per heavy atom. The zero-order valence-electron chi connectivity index (χ0n) is 16.5. The fourth-order valence-corrected chi connectivity index (χ4v) is 3.08. The summed E-state index contributed by atoms with van der Waals surface area (Å²) >= 11 is 0. The Balaban J connectivity index is 0.00000280. The standard InChI is InChI=1S/C20H29N5O2.HI/c1-3-21-19(24-15-20(2,26)17-7-6-12-27-17)23-14-16-8-9-18(22-13-16)25-10-4-5-11-25;/h6-9,12-13,26H,3-5,10-11,14-15H2,1-2H3,(H2,21,23,24);1H. The Kier molecular flexibility index (Phi) is 8.56. The summed E-state index contributed by atoms with van der Waals surface area (Å²) in [6.45, 7) is 7.45. The molecule has 2 aromatic rings. The van der Waals surface area contributed by atoms with Crippen molar-refractivity contribution in [3.05, 3.63) is 48.0 Å². The summed E-state index contributed by atoms with van der Waals surface area (Å²) in [6.07, 6.45) is 5.93. The third-order valence-corrected chi connectivity index (χ3v) is 4.66. The first-order chi connectivity index (χ1) is 13.1. The van der Waals surface area contributed by atoms with Crippen molar-refractivity contribution in [3.63, 3.8) is 0 Å². The second kappa shape index (κ2) is 10.7. The van der Waals surface area contributed by atoms with Gasteiger partial charge in [-0.2, -0.15) is 0 Å². The number of nitrogens with one attached hydrogen (secondary N) is 2. The highest BCUT2D eigenvalue weighted by atomic mass is 127. The van der Waals surface area contributed by atoms with Crippen LogP contribution in [0.5, 0.6) is 0 Å². The van der Waals surface area contributed by atoms with Crippen molar-refractivity contribution in [3.8, 4) is 0 Å². The monoisotopic (exact) mass is 499 g/mol. The first-order valence-electron chi connectivity index (χ1n) is 9.57. The molecule has 1 unspecified atom stereocenters. The molecule has 1 fully saturated rings. The molecule has 0 spiro atoms. The molecule has 0 aromatic carbocycles. The lowest BCUT2D eigenvalue weighted by molar-refractivity contribution is 0.0386. The van der Waals surface area contributed by atoms with Gasteiger partial charge in [0.15, 0.2) is 5.96 Å². The number of aromatic nitrogens is 1. The van der Waals surface area contributed by atoms with Gasteiger partial charge in [-0.3, -0.25) is 0 Å². The van der Waals surface area contributed by atoms with E-state index in [2.05, 4.69) is 37.6 Å². The third kappa shape index (κ3) is 6.10. The van der Waals surface area contributed by atoms with Gasteiger partial charge in [-0.15, -0.1) is 24.0 Å². The maximum absolute atomic E-state index is 10.6. The van der Waals surface area contributed by atoms with Gasteiger partial charge in [0.2, 0.25) is 0 Å². The number of rotatable bonds is 7. The molecule has 28 heavy (non-hydrogen) atoms. The lowest BCUT2D eigenvalue weighted by atomic mass is 10.0. The van der Waals surface area contributed by atoms with Crippen LogP contribution in [-0.2, 0) is 12.1 Å². The highest BCUT2D eigenvalue weighted by molar-refractivity contribution is 14.0. The van der Waals surface area contributed by atoms with Crippen molar-refractivity contribution in [1.29, 1.82) is 0 Å². The molecule has 0 bridgehead atoms. The molecule has 1 atom stereocenters. The van der Waals surface area contributed by atoms with Gasteiger partial charge in [0, 0.05) is 25.8 Å². The fraction of sp³-hybridized carbons (Fsp3) is 0.500. The van der Waals surface area contributed by atoms with Crippen LogP contribution in [-0.4, -0.2) is 42.2 Å². The average Bonchev–Trinajstić information content (AvgIpc) is 3.39. The van der Waals surface area contributed by atoms with Crippen molar-refractivity contribution in [2.24, 2.45) is 4.99 Å². The molecule has 7 nitrogen and oxygen atoms in total. The van der Waals surface area contributed by atoms with Crippen molar-refractivity contribution in [1.82, 2.24) is 15.6 Å². The highest BCUT2D eigenvalue weighted by Crippen LogP contribution is 2.20. The Morgan fingerprint density at radius 3 is 2.68 bits per heavy atom. The molecule has 0 radical (unpaired) electrons. The smallest absolute Gasteiger partial charge is 0.191 e. The van der Waals surface area contributed by atoms with Gasteiger partial charge >= 0.3 is 0 Å². The van der Waals surface area contributed by atoms with Crippen LogP contribution in [0.1, 0.15) is 38.0 Å². The quantitative estimate of drug-likeness (QED) is 0.309. The normalized spacial score (nSPS) is 16.4. The molecule has 3 heterocycles. The summed E-state index contributed by atoms with van der Waals surface area (Å²) in [5, 5.41) is 16.9. The van der Waals surface area contributed by atoms with Crippen molar-refractivity contribution < 1.29 is 9.52 Å². The van der Waals surface area contributed by atoms with E-state index in [0.717, 1.165) is 31.0 Å². The van der Waals surface area contributed by atoms with Crippen LogP contribution in [0.15, 0.2) is 46.1 Å². The third-order valence-electron chi connectivity index (χ3n) is 4.66. The number of hydrogen-bond donors (Lipinski definition) is 3. The van der Waals surface area contributed by atoms with Crippen LogP contribution < -0.4 is 15.5 Å². The van der Waals surface area contributed by atoms with E-state index in [4.69, 9.17) is 4.42 Å². The minimum atomic E-state index is -1.11. The molecule has 154 valence electrons. The maximum Gasteiger partial charge on any atom is 0.191 e. The van der Waals surface area contributed by atoms with Gasteiger partial charge < -0.3 is 25.1 Å². The number of nitrogens with zero attached hydrogens (tertiary/aromatic N) is 3. The summed E-state index contributed by atoms with van der Waals surface area (Å²) in [5.74, 6) is 2.21. The second-order valence-corrected chi connectivity index (χ2v) is 7.02. The minimum Gasteiger partial charge on any atom is -0.466 e. The molecular weight excluding hydrogens is 469 g/mol. The number of hydrogen-bond acceptors (Lipinski definition) is 5. The number of aliphatic hydroxyl groups is 1. The van der Waals surface area contributed by atoms with Crippen molar-refractivity contribution >= 4 is 35.8 Å². The topological polar surface area (TPSA) is 85.9 Å². The first-order valence-corrected chi connectivity index (χ1v) is 9.57. The Labute approximate surface area is 183 Å². The van der Waals surface area contributed by atoms with Gasteiger partial charge in [-0.1, -0.05) is 6.07 Å². The van der Waals surface area contributed by atoms with Crippen LogP contribution in [0.2, 0.25) is 0 Å². The van der Waals surface area contributed by atoms with Crippen LogP contribution in [0.3, 0.4) is 0 Å². The van der Waals surface area contributed by atoms with E-state index in [9.17, 15) is 5.11 Å². The summed E-state index contributed by atoms with van der Waals surface area (Å²) < 4.78 is 5.31. The van der Waals surface area contributed by atoms with Crippen LogP contribution in [0.4, 0.5) is 5.82 Å². The molecule has 0 aliphatic carbocycles. The van der Waals surface area contributed by atoms with E-state index < -0.39 is 5.60 Å². The first kappa shape index (κ1) is 22.5. The molecule has 3 rings (SSSR count). The average molecular weight is 499 g/mol. The minimum absolute atomic E-state index is 0. The van der Waals surface area contributed by atoms with Gasteiger partial charge in [-0.05, 0) is 50.5 Å². The molecule has 0 amide bonds. The summed E-state index contributed by atoms with van der Waals surface area (Å²) in [5.41, 5.74) is -0.0635. The number of halogens is 1. The lowest BCUT2D eigenvalue weighted by Crippen LogP contribution is -2.44. The number of furan rings is 1. The molecule has 8 heteroatoms. The predicted octanol–water partition coefficient (Wildman–Crippen LogP) is 2.86. The van der Waals surface area contributed by atoms with Gasteiger partial charge in [0.1, 0.15) is 17.2 Å². The summed E-state index contributed by atoms with van der Waals surface area (Å²) in [7, 11) is 0. The molecule has 1 saturated heterocycles. The SMILES string of the molecule is CCNC(=NCc1ccc(N2CCCC2)nc1)NCC(C)(O)c1ccco1.I. The van der Waals surface area contributed by atoms with E-state index in [-0.39, 0.29) is 24.0 Å². The largest absolute Gasteiger partial charge is 0.466 e. The van der Waals surface area contributed by atoms with Crippen LogP contribution >= 0.6 is 24.0 Å². The molecule has 3 N–H and O–H groups in total. The maximum atomic E-state index is 10.6. The summed E-state index contributed by atoms with van der Waals surface area (Å²) in [6, 6.07) is 7.67. The van der Waals surface area contributed by atoms with E-state index >= 15 is 0 Å². The molecule has 1 aliphatic heterocycles. The Morgan fingerprint density at radius 1 is 1.29 bits per heavy atom. The van der Waals surface area contributed by atoms with Gasteiger partial charge in [0.25, 0.3) is 0 Å². The highest BCUT2D eigenvalue weighted by Gasteiger charge is 2.26. The van der Waals surface area contributed by atoms with Crippen molar-refractivity contribution in [2.75, 3.05) is 31.1 Å². The number of anilines is 1. The van der Waals surface area contributed by atoms with E-state index in [1.807, 2.05) is 13.1 Å². The van der Waals surface area contributed by atoms with E-state index in [0.29, 0.717) is 24.8 Å². The zero-order chi connectivity index (χ0) is 19.1. The van der Waals surface area contributed by atoms with Gasteiger partial charge in [0.05, 0.1) is 19.4 Å². The number of pyridine rings is 1. The Bertz CT molecular complexity index is 726. The molecule has 1 aliphatic rings. The second-order valence-electron chi connectivity index (χ2n) is 7.02. The van der Waals surface area contributed by atoms with Crippen LogP contribution in [0.25, 0.3) is 0 Å². The lowest BCUT2D eigenvalue weighted by Gasteiger charge is -2.22. The summed E-state index contributed by atoms with van der Waals surface area (Å²) in [4.78, 5) is 11.5. The molecule has 2 aromatic heterocycles. The fourth-order valence-electron chi connectivity index (χ4n) is 3.08. The molecular formula is C20H30IN5O2. The van der Waals surface area contributed by atoms with E-state index in [1.54, 1.807) is 25.3 Å². The number of guanidine groups is 1. The van der Waals surface area contributed by atoms with E-state index in [1.165, 1.54) is 12.8 Å². The number of aliphatic imine (C=N–C) groups is 1.